The summed E-state index contributed by atoms with van der Waals surface area (Å²) in [7, 11) is 0. The molecule has 70 valence electrons. The van der Waals surface area contributed by atoms with Crippen LogP contribution in [0.2, 0.25) is 0 Å². The predicted molar refractivity (Wildman–Crippen MR) is 47.7 cm³/mol. The Morgan fingerprint density at radius 3 is 2.46 bits per heavy atom. The molecule has 0 saturated carbocycles. The summed E-state index contributed by atoms with van der Waals surface area (Å²) in [6.07, 6.45) is 0. The fourth-order valence-corrected chi connectivity index (χ4v) is 0.841. The molecular weight excluding hydrogens is 172 g/mol. The minimum absolute atomic E-state index is 0.504. The number of nitrogens with one attached hydrogen (secondary N) is 1. The molecule has 5 nitrogen and oxygen atoms in total. The van der Waals surface area contributed by atoms with Crippen LogP contribution in [0.3, 0.4) is 0 Å². The van der Waals surface area contributed by atoms with Crippen LogP contribution in [0.1, 0.15) is 6.92 Å². The van der Waals surface area contributed by atoms with Gasteiger partial charge in [0.15, 0.2) is 0 Å². The predicted octanol–water partition coefficient (Wildman–Crippen LogP) is 1.04. The van der Waals surface area contributed by atoms with Gasteiger partial charge in [0.05, 0.1) is 11.8 Å². The van der Waals surface area contributed by atoms with Crippen LogP contribution in [0.15, 0.2) is 30.3 Å². The molecule has 1 atom stereocenters. The first-order valence-electron chi connectivity index (χ1n) is 3.72. The van der Waals surface area contributed by atoms with Crippen LogP contribution in [-0.2, 0) is 0 Å². The van der Waals surface area contributed by atoms with Crippen molar-refractivity contribution in [3.63, 3.8) is 0 Å². The van der Waals surface area contributed by atoms with E-state index in [1.165, 1.54) is 0 Å². The molecule has 0 aliphatic heterocycles. The zero-order chi connectivity index (χ0) is 9.90. The second kappa shape index (κ2) is 3.40. The Balaban J connectivity index is 2.75. The lowest BCUT2D eigenvalue weighted by molar-refractivity contribution is -0.609. The number of hydrogen-bond donors (Lipinski definition) is 2. The summed E-state index contributed by atoms with van der Waals surface area (Å²) >= 11 is 0. The highest BCUT2D eigenvalue weighted by Gasteiger charge is 2.33. The van der Waals surface area contributed by atoms with Crippen molar-refractivity contribution in [1.29, 1.82) is 0 Å². The van der Waals surface area contributed by atoms with E-state index in [-0.39, 0.29) is 0 Å². The van der Waals surface area contributed by atoms with E-state index in [4.69, 9.17) is 0 Å². The van der Waals surface area contributed by atoms with Crippen molar-refractivity contribution in [2.24, 2.45) is 0 Å². The molecule has 0 aliphatic rings. The van der Waals surface area contributed by atoms with E-state index < -0.39 is 10.8 Å². The monoisotopic (exact) mass is 182 g/mol. The van der Waals surface area contributed by atoms with Crippen molar-refractivity contribution in [2.45, 2.75) is 12.8 Å². The lowest BCUT2D eigenvalue weighted by Crippen LogP contribution is -2.42. The van der Waals surface area contributed by atoms with Gasteiger partial charge >= 0.3 is 5.85 Å². The lowest BCUT2D eigenvalue weighted by Gasteiger charge is -2.16. The molecule has 0 spiro atoms. The number of anilines is 1. The average Bonchev–Trinajstić information content (AvgIpc) is 2.05. The van der Waals surface area contributed by atoms with E-state index in [0.717, 1.165) is 6.92 Å². The fourth-order valence-electron chi connectivity index (χ4n) is 0.841. The molecule has 0 saturated heterocycles. The Bertz CT molecular complexity index is 298. The van der Waals surface area contributed by atoms with Crippen molar-refractivity contribution in [2.75, 3.05) is 5.32 Å². The maximum absolute atomic E-state index is 10.3. The molecule has 0 radical (unpaired) electrons. The molecule has 0 heterocycles. The number of hydrogen-bond acceptors (Lipinski definition) is 4. The molecule has 0 aliphatic carbocycles. The summed E-state index contributed by atoms with van der Waals surface area (Å²) in [6, 6.07) is 8.50. The third-order valence-corrected chi connectivity index (χ3v) is 1.51. The molecule has 0 fully saturated rings. The minimum Gasteiger partial charge on any atom is -0.313 e. The molecule has 1 rings (SSSR count). The molecule has 1 unspecified atom stereocenters. The van der Waals surface area contributed by atoms with Gasteiger partial charge < -0.3 is 5.11 Å². The van der Waals surface area contributed by atoms with Gasteiger partial charge in [-0.25, -0.2) is 0 Å². The van der Waals surface area contributed by atoms with Gasteiger partial charge in [-0.3, -0.25) is 15.4 Å². The topological polar surface area (TPSA) is 75.4 Å². The Hall–Kier alpha value is -1.62. The first-order chi connectivity index (χ1) is 6.02. The van der Waals surface area contributed by atoms with Crippen molar-refractivity contribution in [1.82, 2.24) is 0 Å². The highest BCUT2D eigenvalue weighted by molar-refractivity contribution is 5.43. The molecule has 1 aromatic carbocycles. The number of para-hydroxylation sites is 1. The van der Waals surface area contributed by atoms with Gasteiger partial charge in [-0.1, -0.05) is 18.2 Å². The highest BCUT2D eigenvalue weighted by atomic mass is 16.7. The van der Waals surface area contributed by atoms with Crippen LogP contribution < -0.4 is 5.32 Å². The Kier molecular flexibility index (Phi) is 2.48. The lowest BCUT2D eigenvalue weighted by atomic mass is 10.3. The minimum atomic E-state index is -2.12. The van der Waals surface area contributed by atoms with Crippen LogP contribution >= 0.6 is 0 Å². The van der Waals surface area contributed by atoms with Gasteiger partial charge in [0.1, 0.15) is 0 Å². The van der Waals surface area contributed by atoms with E-state index in [1.54, 1.807) is 30.3 Å². The number of benzene rings is 1. The third kappa shape index (κ3) is 2.41. The molecule has 2 N–H and O–H groups in total. The summed E-state index contributed by atoms with van der Waals surface area (Å²) in [4.78, 5) is 9.53. The van der Waals surface area contributed by atoms with Crippen molar-refractivity contribution >= 4 is 5.69 Å². The number of aliphatic hydroxyl groups is 1. The van der Waals surface area contributed by atoms with E-state index >= 15 is 0 Å². The van der Waals surface area contributed by atoms with Gasteiger partial charge in [0.25, 0.3) is 0 Å². The van der Waals surface area contributed by atoms with Gasteiger partial charge in [0, 0.05) is 5.69 Å². The zero-order valence-electron chi connectivity index (χ0n) is 7.10. The van der Waals surface area contributed by atoms with Crippen LogP contribution in [0, 0.1) is 10.1 Å². The van der Waals surface area contributed by atoms with Gasteiger partial charge in [-0.2, -0.15) is 0 Å². The quantitative estimate of drug-likeness (QED) is 0.416. The fraction of sp³-hybridized carbons (Fsp3) is 0.250. The van der Waals surface area contributed by atoms with Crippen molar-refractivity contribution < 1.29 is 10.0 Å². The van der Waals surface area contributed by atoms with Crippen molar-refractivity contribution in [3.8, 4) is 0 Å². The Morgan fingerprint density at radius 1 is 1.46 bits per heavy atom. The normalized spacial score (nSPS) is 14.6. The first kappa shape index (κ1) is 9.47. The molecular formula is C8H10N2O3. The molecule has 5 heteroatoms. The Morgan fingerprint density at radius 2 is 2.00 bits per heavy atom. The van der Waals surface area contributed by atoms with E-state index in [9.17, 15) is 15.2 Å². The Labute approximate surface area is 75.2 Å². The SMILES string of the molecule is CC(O)(Nc1ccccc1)[N+](=O)[O-]. The third-order valence-electron chi connectivity index (χ3n) is 1.51. The maximum Gasteiger partial charge on any atom is 0.401 e. The summed E-state index contributed by atoms with van der Waals surface area (Å²) in [5, 5.41) is 21.9. The zero-order valence-corrected chi connectivity index (χ0v) is 7.10. The van der Waals surface area contributed by atoms with Gasteiger partial charge in [-0.05, 0) is 12.1 Å². The van der Waals surface area contributed by atoms with Gasteiger partial charge in [0.2, 0.25) is 0 Å². The largest absolute Gasteiger partial charge is 0.401 e. The van der Waals surface area contributed by atoms with E-state index in [2.05, 4.69) is 5.32 Å². The van der Waals surface area contributed by atoms with Crippen LogP contribution in [0.5, 0.6) is 0 Å². The first-order valence-corrected chi connectivity index (χ1v) is 3.72. The number of nitro groups is 1. The van der Waals surface area contributed by atoms with Crippen LogP contribution in [-0.4, -0.2) is 15.9 Å². The van der Waals surface area contributed by atoms with E-state index in [1.807, 2.05) is 0 Å². The van der Waals surface area contributed by atoms with Gasteiger partial charge in [-0.15, -0.1) is 0 Å². The molecule has 13 heavy (non-hydrogen) atoms. The molecule has 1 aromatic rings. The number of nitrogens with zero attached hydrogens (tertiary/aromatic N) is 1. The maximum atomic E-state index is 10.3. The second-order valence-electron chi connectivity index (χ2n) is 2.77. The standard InChI is InChI=1S/C8H10N2O3/c1-8(11,10(12)13)9-7-5-3-2-4-6-7/h2-6,9,11H,1H3. The molecule has 0 aromatic heterocycles. The van der Waals surface area contributed by atoms with Crippen LogP contribution in [0.25, 0.3) is 0 Å². The second-order valence-corrected chi connectivity index (χ2v) is 2.77. The van der Waals surface area contributed by atoms with E-state index in [0.29, 0.717) is 5.69 Å². The summed E-state index contributed by atoms with van der Waals surface area (Å²) in [5.74, 6) is -2.12. The highest BCUT2D eigenvalue weighted by Crippen LogP contribution is 2.12. The molecule has 0 amide bonds. The smallest absolute Gasteiger partial charge is 0.313 e. The van der Waals surface area contributed by atoms with Crippen LogP contribution in [0.4, 0.5) is 5.69 Å². The summed E-state index contributed by atoms with van der Waals surface area (Å²) in [5.41, 5.74) is 0.504. The average molecular weight is 182 g/mol. The summed E-state index contributed by atoms with van der Waals surface area (Å²) in [6.45, 7) is 1.08. The number of rotatable bonds is 3. The summed E-state index contributed by atoms with van der Waals surface area (Å²) < 4.78 is 0. The van der Waals surface area contributed by atoms with Crippen molar-refractivity contribution in [3.05, 3.63) is 40.4 Å². The molecule has 0 bridgehead atoms.